The first kappa shape index (κ1) is 13.2. The van der Waals surface area contributed by atoms with Crippen LogP contribution in [-0.4, -0.2) is 53.6 Å². The molecule has 1 aromatic heterocycles. The van der Waals surface area contributed by atoms with Gasteiger partial charge in [0.05, 0.1) is 25.6 Å². The Labute approximate surface area is 111 Å². The number of hydrogen-bond donors (Lipinski definition) is 1. The summed E-state index contributed by atoms with van der Waals surface area (Å²) in [4.78, 5) is 21.5. The quantitative estimate of drug-likeness (QED) is 0.821. The Morgan fingerprint density at radius 1 is 1.42 bits per heavy atom. The van der Waals surface area contributed by atoms with Gasteiger partial charge in [-0.25, -0.2) is 9.97 Å². The number of nitrogens with one attached hydrogen (secondary N) is 1. The maximum atomic E-state index is 11.8. The molecule has 1 amide bonds. The van der Waals surface area contributed by atoms with Gasteiger partial charge in [0.2, 0.25) is 5.91 Å². The molecule has 0 bridgehead atoms. The zero-order valence-electron chi connectivity index (χ0n) is 10.5. The molecule has 0 radical (unpaired) electrons. The van der Waals surface area contributed by atoms with Crippen molar-refractivity contribution in [3.63, 3.8) is 0 Å². The molecule has 0 aromatic carbocycles. The molecule has 19 heavy (non-hydrogen) atoms. The van der Waals surface area contributed by atoms with E-state index >= 15 is 0 Å². The lowest BCUT2D eigenvalue weighted by atomic mass is 10.3. The summed E-state index contributed by atoms with van der Waals surface area (Å²) in [6, 6.07) is 1.90. The Morgan fingerprint density at radius 3 is 2.84 bits per heavy atom. The number of carbonyl (C=O) groups is 1. The van der Waals surface area contributed by atoms with Gasteiger partial charge in [-0.1, -0.05) is 0 Å². The number of carbonyl (C=O) groups excluding carboxylic acids is 1. The SMILES string of the molecule is N#Cc1cnc(NCCC(=O)N2CCOCC2)cn1. The Hall–Kier alpha value is -2.20. The summed E-state index contributed by atoms with van der Waals surface area (Å²) in [5.74, 6) is 0.672. The van der Waals surface area contributed by atoms with Crippen LogP contribution >= 0.6 is 0 Å². The summed E-state index contributed by atoms with van der Waals surface area (Å²) < 4.78 is 5.19. The molecule has 100 valence electrons. The third-order valence-electron chi connectivity index (χ3n) is 2.78. The molecule has 1 saturated heterocycles. The average molecular weight is 261 g/mol. The molecule has 1 N–H and O–H groups in total. The van der Waals surface area contributed by atoms with Gasteiger partial charge < -0.3 is 15.0 Å². The molecule has 0 spiro atoms. The highest BCUT2D eigenvalue weighted by Crippen LogP contribution is 2.03. The number of amides is 1. The first-order chi connectivity index (χ1) is 9.29. The molecule has 0 unspecified atom stereocenters. The van der Waals surface area contributed by atoms with E-state index in [-0.39, 0.29) is 11.6 Å². The normalized spacial score (nSPS) is 14.8. The standard InChI is InChI=1S/C12H15N5O2/c13-7-10-8-16-11(9-15-10)14-2-1-12(18)17-3-5-19-6-4-17/h8-9H,1-6H2,(H,14,16). The molecule has 7 heteroatoms. The first-order valence-corrected chi connectivity index (χ1v) is 6.11. The van der Waals surface area contributed by atoms with Gasteiger partial charge in [0, 0.05) is 26.1 Å². The second kappa shape index (κ2) is 6.66. The van der Waals surface area contributed by atoms with E-state index in [1.807, 2.05) is 6.07 Å². The number of nitriles is 1. The van der Waals surface area contributed by atoms with Gasteiger partial charge in [-0.2, -0.15) is 5.26 Å². The van der Waals surface area contributed by atoms with Gasteiger partial charge in [0.1, 0.15) is 11.9 Å². The number of anilines is 1. The molecular weight excluding hydrogens is 246 g/mol. The van der Waals surface area contributed by atoms with Crippen LogP contribution < -0.4 is 5.32 Å². The zero-order valence-corrected chi connectivity index (χ0v) is 10.5. The Bertz CT molecular complexity index is 462. The lowest BCUT2D eigenvalue weighted by Crippen LogP contribution is -2.41. The van der Waals surface area contributed by atoms with Crippen molar-refractivity contribution in [3.8, 4) is 6.07 Å². The zero-order chi connectivity index (χ0) is 13.5. The highest BCUT2D eigenvalue weighted by molar-refractivity contribution is 5.76. The topological polar surface area (TPSA) is 91.1 Å². The minimum absolute atomic E-state index is 0.109. The van der Waals surface area contributed by atoms with E-state index in [0.717, 1.165) is 0 Å². The van der Waals surface area contributed by atoms with Crippen molar-refractivity contribution in [2.24, 2.45) is 0 Å². The van der Waals surface area contributed by atoms with Crippen molar-refractivity contribution >= 4 is 11.7 Å². The van der Waals surface area contributed by atoms with Crippen LogP contribution in [0, 0.1) is 11.3 Å². The number of nitrogens with zero attached hydrogens (tertiary/aromatic N) is 4. The second-order valence-electron chi connectivity index (χ2n) is 4.07. The Balaban J connectivity index is 1.73. The van der Waals surface area contributed by atoms with Gasteiger partial charge in [0.15, 0.2) is 5.69 Å². The minimum Gasteiger partial charge on any atom is -0.378 e. The fourth-order valence-corrected chi connectivity index (χ4v) is 1.75. The van der Waals surface area contributed by atoms with Crippen molar-refractivity contribution in [1.29, 1.82) is 5.26 Å². The van der Waals surface area contributed by atoms with Crippen molar-refractivity contribution in [3.05, 3.63) is 18.1 Å². The molecule has 2 rings (SSSR count). The summed E-state index contributed by atoms with van der Waals surface area (Å²) in [5.41, 5.74) is 0.273. The van der Waals surface area contributed by atoms with E-state index in [9.17, 15) is 4.79 Å². The van der Waals surface area contributed by atoms with Crippen LogP contribution in [0.5, 0.6) is 0 Å². The fourth-order valence-electron chi connectivity index (χ4n) is 1.75. The molecule has 0 atom stereocenters. The van der Waals surface area contributed by atoms with E-state index in [4.69, 9.17) is 10.00 Å². The molecule has 1 aliphatic heterocycles. The maximum Gasteiger partial charge on any atom is 0.224 e. The summed E-state index contributed by atoms with van der Waals surface area (Å²) in [7, 11) is 0. The van der Waals surface area contributed by atoms with E-state index in [0.29, 0.717) is 45.1 Å². The minimum atomic E-state index is 0.109. The van der Waals surface area contributed by atoms with Crippen molar-refractivity contribution in [2.45, 2.75) is 6.42 Å². The number of hydrogen-bond acceptors (Lipinski definition) is 6. The molecule has 0 saturated carbocycles. The van der Waals surface area contributed by atoms with Crippen LogP contribution in [0.1, 0.15) is 12.1 Å². The number of rotatable bonds is 4. The first-order valence-electron chi connectivity index (χ1n) is 6.11. The molecule has 0 aliphatic carbocycles. The number of morpholine rings is 1. The smallest absolute Gasteiger partial charge is 0.224 e. The van der Waals surface area contributed by atoms with Gasteiger partial charge >= 0.3 is 0 Å². The lowest BCUT2D eigenvalue weighted by Gasteiger charge is -2.26. The molecule has 7 nitrogen and oxygen atoms in total. The van der Waals surface area contributed by atoms with E-state index in [1.165, 1.54) is 12.4 Å². The average Bonchev–Trinajstić information content (AvgIpc) is 2.49. The summed E-state index contributed by atoms with van der Waals surface area (Å²) in [6.45, 7) is 3.04. The predicted molar refractivity (Wildman–Crippen MR) is 67.3 cm³/mol. The Morgan fingerprint density at radius 2 is 2.21 bits per heavy atom. The summed E-state index contributed by atoms with van der Waals surface area (Å²) >= 11 is 0. The summed E-state index contributed by atoms with van der Waals surface area (Å²) in [5, 5.41) is 11.6. The van der Waals surface area contributed by atoms with Crippen LogP contribution in [-0.2, 0) is 9.53 Å². The van der Waals surface area contributed by atoms with E-state index in [2.05, 4.69) is 15.3 Å². The highest BCUT2D eigenvalue weighted by atomic mass is 16.5. The maximum absolute atomic E-state index is 11.8. The highest BCUT2D eigenvalue weighted by Gasteiger charge is 2.15. The number of aromatic nitrogens is 2. The molecular formula is C12H15N5O2. The van der Waals surface area contributed by atoms with Crippen LogP contribution in [0.15, 0.2) is 12.4 Å². The molecule has 1 aromatic rings. The van der Waals surface area contributed by atoms with E-state index in [1.54, 1.807) is 4.90 Å². The number of ether oxygens (including phenoxy) is 1. The van der Waals surface area contributed by atoms with Crippen molar-refractivity contribution in [2.75, 3.05) is 38.2 Å². The van der Waals surface area contributed by atoms with Gasteiger partial charge in [-0.15, -0.1) is 0 Å². The molecule has 1 fully saturated rings. The third-order valence-corrected chi connectivity index (χ3v) is 2.78. The summed E-state index contributed by atoms with van der Waals surface area (Å²) in [6.07, 6.45) is 3.28. The van der Waals surface area contributed by atoms with Crippen LogP contribution in [0.25, 0.3) is 0 Å². The van der Waals surface area contributed by atoms with Crippen LogP contribution in [0.2, 0.25) is 0 Å². The van der Waals surface area contributed by atoms with Gasteiger partial charge in [-0.05, 0) is 0 Å². The lowest BCUT2D eigenvalue weighted by molar-refractivity contribution is -0.134. The van der Waals surface area contributed by atoms with Crippen molar-refractivity contribution < 1.29 is 9.53 Å². The van der Waals surface area contributed by atoms with Crippen LogP contribution in [0.4, 0.5) is 5.82 Å². The van der Waals surface area contributed by atoms with Crippen molar-refractivity contribution in [1.82, 2.24) is 14.9 Å². The largest absolute Gasteiger partial charge is 0.378 e. The third kappa shape index (κ3) is 3.89. The monoisotopic (exact) mass is 261 g/mol. The fraction of sp³-hybridized carbons (Fsp3) is 0.500. The second-order valence-corrected chi connectivity index (χ2v) is 4.07. The molecule has 2 heterocycles. The predicted octanol–water partition coefficient (Wildman–Crippen LogP) is 0.00908. The molecule has 1 aliphatic rings. The Kier molecular flexibility index (Phi) is 4.64. The van der Waals surface area contributed by atoms with E-state index < -0.39 is 0 Å². The van der Waals surface area contributed by atoms with Crippen LogP contribution in [0.3, 0.4) is 0 Å². The van der Waals surface area contributed by atoms with Gasteiger partial charge in [-0.3, -0.25) is 4.79 Å². The van der Waals surface area contributed by atoms with Gasteiger partial charge in [0.25, 0.3) is 0 Å².